The van der Waals surface area contributed by atoms with Crippen LogP contribution in [0.5, 0.6) is 11.5 Å². The van der Waals surface area contributed by atoms with E-state index in [1.807, 2.05) is 47.4 Å². The van der Waals surface area contributed by atoms with Crippen LogP contribution in [-0.4, -0.2) is 50.7 Å². The summed E-state index contributed by atoms with van der Waals surface area (Å²) in [6.45, 7) is 4.80. The molecule has 2 aromatic rings. The maximum absolute atomic E-state index is 13.1. The van der Waals surface area contributed by atoms with Crippen LogP contribution in [0.2, 0.25) is 0 Å². The van der Waals surface area contributed by atoms with Gasteiger partial charge >= 0.3 is 6.03 Å². The summed E-state index contributed by atoms with van der Waals surface area (Å²) in [5.74, 6) is 1.18. The number of carbonyl (C=O) groups excluding carboxylic acids is 2. The highest BCUT2D eigenvalue weighted by Crippen LogP contribution is 2.40. The molecule has 0 fully saturated rings. The first-order chi connectivity index (χ1) is 15.1. The Labute approximate surface area is 183 Å². The third-order valence-corrected chi connectivity index (χ3v) is 5.32. The summed E-state index contributed by atoms with van der Waals surface area (Å²) in [6.07, 6.45) is 2.53. The Hall–Kier alpha value is -3.48. The van der Waals surface area contributed by atoms with Gasteiger partial charge in [0.05, 0.1) is 20.3 Å². The number of urea groups is 1. The van der Waals surface area contributed by atoms with Gasteiger partial charge in [0.25, 0.3) is 0 Å². The second kappa shape index (κ2) is 10.5. The number of fused-ring (bicyclic) bond motifs is 1. The molecule has 0 bridgehead atoms. The van der Waals surface area contributed by atoms with E-state index in [2.05, 4.69) is 17.2 Å². The Kier molecular flexibility index (Phi) is 7.54. The zero-order valence-corrected chi connectivity index (χ0v) is 18.0. The minimum Gasteiger partial charge on any atom is -0.493 e. The first-order valence-corrected chi connectivity index (χ1v) is 10.3. The zero-order valence-electron chi connectivity index (χ0n) is 18.0. The molecule has 2 aromatic carbocycles. The van der Waals surface area contributed by atoms with Gasteiger partial charge in [-0.05, 0) is 35.2 Å². The van der Waals surface area contributed by atoms with E-state index in [9.17, 15) is 9.59 Å². The molecule has 31 heavy (non-hydrogen) atoms. The van der Waals surface area contributed by atoms with Gasteiger partial charge in [-0.2, -0.15) is 0 Å². The summed E-state index contributed by atoms with van der Waals surface area (Å²) >= 11 is 0. The van der Waals surface area contributed by atoms with Crippen molar-refractivity contribution in [3.05, 3.63) is 71.8 Å². The van der Waals surface area contributed by atoms with Gasteiger partial charge in [0, 0.05) is 26.1 Å². The number of rotatable bonds is 8. The summed E-state index contributed by atoms with van der Waals surface area (Å²) in [5.41, 5.74) is 3.14. The van der Waals surface area contributed by atoms with Crippen LogP contribution >= 0.6 is 0 Å². The molecule has 0 aromatic heterocycles. The summed E-state index contributed by atoms with van der Waals surface area (Å²) < 4.78 is 11.0. The lowest BCUT2D eigenvalue weighted by atomic mass is 9.88. The van der Waals surface area contributed by atoms with Crippen molar-refractivity contribution in [1.82, 2.24) is 15.5 Å². The van der Waals surface area contributed by atoms with Gasteiger partial charge in [0.2, 0.25) is 5.91 Å². The lowest BCUT2D eigenvalue weighted by Crippen LogP contribution is -2.46. The fourth-order valence-corrected chi connectivity index (χ4v) is 3.82. The van der Waals surface area contributed by atoms with E-state index in [0.29, 0.717) is 31.0 Å². The molecule has 3 rings (SSSR count). The molecule has 1 atom stereocenters. The first kappa shape index (κ1) is 22.2. The van der Waals surface area contributed by atoms with Crippen molar-refractivity contribution in [1.29, 1.82) is 0 Å². The van der Waals surface area contributed by atoms with Gasteiger partial charge in [-0.15, -0.1) is 6.58 Å². The topological polar surface area (TPSA) is 79.9 Å². The monoisotopic (exact) mass is 423 g/mol. The second-order valence-corrected chi connectivity index (χ2v) is 7.24. The molecule has 0 saturated heterocycles. The third kappa shape index (κ3) is 5.17. The number of hydrogen-bond donors (Lipinski definition) is 2. The van der Waals surface area contributed by atoms with E-state index >= 15 is 0 Å². The van der Waals surface area contributed by atoms with E-state index in [1.54, 1.807) is 20.3 Å². The van der Waals surface area contributed by atoms with E-state index in [4.69, 9.17) is 9.47 Å². The molecule has 3 amide bonds. The summed E-state index contributed by atoms with van der Waals surface area (Å²) in [4.78, 5) is 26.7. The normalized spacial score (nSPS) is 14.9. The second-order valence-electron chi connectivity index (χ2n) is 7.24. The van der Waals surface area contributed by atoms with Crippen molar-refractivity contribution in [2.75, 3.05) is 33.9 Å². The molecule has 0 spiro atoms. The predicted molar refractivity (Wildman–Crippen MR) is 119 cm³/mol. The molecule has 0 aliphatic carbocycles. The van der Waals surface area contributed by atoms with E-state index < -0.39 is 0 Å². The molecule has 7 heteroatoms. The highest BCUT2D eigenvalue weighted by Gasteiger charge is 2.33. The van der Waals surface area contributed by atoms with Crippen LogP contribution in [0, 0.1) is 0 Å². The van der Waals surface area contributed by atoms with Crippen molar-refractivity contribution in [2.24, 2.45) is 0 Å². The van der Waals surface area contributed by atoms with Gasteiger partial charge in [0.1, 0.15) is 0 Å². The molecule has 0 saturated carbocycles. The van der Waals surface area contributed by atoms with Crippen LogP contribution < -0.4 is 20.1 Å². The molecule has 164 valence electrons. The van der Waals surface area contributed by atoms with Gasteiger partial charge in [-0.1, -0.05) is 36.4 Å². The largest absolute Gasteiger partial charge is 0.493 e. The molecule has 1 aliphatic heterocycles. The van der Waals surface area contributed by atoms with Gasteiger partial charge < -0.3 is 25.0 Å². The Balaban J connectivity index is 1.84. The van der Waals surface area contributed by atoms with Gasteiger partial charge in [-0.3, -0.25) is 4.79 Å². The lowest BCUT2D eigenvalue weighted by Gasteiger charge is -2.38. The van der Waals surface area contributed by atoms with Crippen LogP contribution in [0.3, 0.4) is 0 Å². The van der Waals surface area contributed by atoms with Gasteiger partial charge in [0.15, 0.2) is 11.5 Å². The van der Waals surface area contributed by atoms with Crippen molar-refractivity contribution in [2.45, 2.75) is 18.9 Å². The number of nitrogens with one attached hydrogen (secondary N) is 2. The summed E-state index contributed by atoms with van der Waals surface area (Å²) in [6, 6.07) is 13.4. The summed E-state index contributed by atoms with van der Waals surface area (Å²) in [5, 5.41) is 5.59. The maximum Gasteiger partial charge on any atom is 0.318 e. The van der Waals surface area contributed by atoms with Crippen molar-refractivity contribution < 1.29 is 19.1 Å². The molecule has 1 heterocycles. The Bertz CT molecular complexity index is 930. The quantitative estimate of drug-likeness (QED) is 0.640. The molecule has 7 nitrogen and oxygen atoms in total. The van der Waals surface area contributed by atoms with Gasteiger partial charge in [-0.25, -0.2) is 4.79 Å². The number of ether oxygens (including phenoxy) is 2. The minimum atomic E-state index is -0.264. The first-order valence-electron chi connectivity index (χ1n) is 10.3. The van der Waals surface area contributed by atoms with E-state index in [-0.39, 0.29) is 30.9 Å². The number of carbonyl (C=O) groups is 2. The average Bonchev–Trinajstić information content (AvgIpc) is 2.81. The number of methoxy groups -OCH3 is 2. The molecule has 2 N–H and O–H groups in total. The predicted octanol–water partition coefficient (Wildman–Crippen LogP) is 3.05. The van der Waals surface area contributed by atoms with Crippen LogP contribution in [0.15, 0.2) is 55.1 Å². The lowest BCUT2D eigenvalue weighted by molar-refractivity contribution is -0.120. The number of benzene rings is 2. The van der Waals surface area contributed by atoms with Crippen LogP contribution in [0.1, 0.15) is 29.2 Å². The van der Waals surface area contributed by atoms with Crippen molar-refractivity contribution >= 4 is 11.9 Å². The van der Waals surface area contributed by atoms with Crippen molar-refractivity contribution in [3.8, 4) is 11.5 Å². The fourth-order valence-electron chi connectivity index (χ4n) is 3.82. The fraction of sp³-hybridized carbons (Fsp3) is 0.333. The molecular weight excluding hydrogens is 394 g/mol. The highest BCUT2D eigenvalue weighted by atomic mass is 16.5. The Morgan fingerprint density at radius 2 is 1.84 bits per heavy atom. The smallest absolute Gasteiger partial charge is 0.318 e. The van der Waals surface area contributed by atoms with Crippen molar-refractivity contribution in [3.63, 3.8) is 0 Å². The molecular formula is C24H29N3O4. The SMILES string of the molecule is C=CCNC(=O)CCNC(=O)N1CCc2cc(OC)c(OC)cc2[C@H]1c1ccccc1. The third-order valence-electron chi connectivity index (χ3n) is 5.32. The van der Waals surface area contributed by atoms with E-state index in [0.717, 1.165) is 16.7 Å². The standard InChI is InChI=1S/C24H29N3O4/c1-4-12-25-22(28)10-13-26-24(29)27-14-11-18-15-20(30-2)21(31-3)16-19(18)23(27)17-8-6-5-7-9-17/h4-9,15-16,23H,1,10-14H2,2-3H3,(H,25,28)(H,26,29)/t23-/m1/s1. The summed E-state index contributed by atoms with van der Waals surface area (Å²) in [7, 11) is 3.22. The van der Waals surface area contributed by atoms with Crippen LogP contribution in [0.25, 0.3) is 0 Å². The molecule has 0 radical (unpaired) electrons. The van der Waals surface area contributed by atoms with Crippen LogP contribution in [0.4, 0.5) is 4.79 Å². The zero-order chi connectivity index (χ0) is 22.2. The Morgan fingerprint density at radius 1 is 1.13 bits per heavy atom. The molecule has 1 aliphatic rings. The molecule has 0 unspecified atom stereocenters. The minimum absolute atomic E-state index is 0.124. The Morgan fingerprint density at radius 3 is 2.52 bits per heavy atom. The number of nitrogens with zero attached hydrogens (tertiary/aromatic N) is 1. The highest BCUT2D eigenvalue weighted by molar-refractivity contribution is 5.79. The van der Waals surface area contributed by atoms with Crippen LogP contribution in [-0.2, 0) is 11.2 Å². The van der Waals surface area contributed by atoms with E-state index in [1.165, 1.54) is 0 Å². The number of amides is 3. The number of hydrogen-bond acceptors (Lipinski definition) is 4. The maximum atomic E-state index is 13.1. The average molecular weight is 424 g/mol.